The summed E-state index contributed by atoms with van der Waals surface area (Å²) < 4.78 is 19.7. The van der Waals surface area contributed by atoms with E-state index >= 15 is 0 Å². The Labute approximate surface area is 112 Å². The van der Waals surface area contributed by atoms with Gasteiger partial charge in [0.15, 0.2) is 11.6 Å². The number of hydrogen-bond acceptors (Lipinski definition) is 3. The zero-order chi connectivity index (χ0) is 13.1. The van der Waals surface area contributed by atoms with Crippen LogP contribution >= 0.6 is 15.9 Å². The van der Waals surface area contributed by atoms with Gasteiger partial charge in [-0.1, -0.05) is 15.9 Å². The molecule has 0 radical (unpaired) electrons. The number of halogens is 2. The van der Waals surface area contributed by atoms with E-state index in [0.29, 0.717) is 10.0 Å². The zero-order valence-corrected chi connectivity index (χ0v) is 11.2. The van der Waals surface area contributed by atoms with E-state index in [1.807, 2.05) is 0 Å². The minimum absolute atomic E-state index is 0.0602. The van der Waals surface area contributed by atoms with Gasteiger partial charge in [-0.05, 0) is 37.3 Å². The number of pyridine rings is 1. The van der Waals surface area contributed by atoms with Gasteiger partial charge in [-0.2, -0.15) is 0 Å². The Kier molecular flexibility index (Phi) is 3.93. The van der Waals surface area contributed by atoms with E-state index in [2.05, 4.69) is 20.9 Å². The number of benzene rings is 1. The maximum absolute atomic E-state index is 13.6. The molecule has 1 aromatic carbocycles. The van der Waals surface area contributed by atoms with Crippen LogP contribution in [0.2, 0.25) is 0 Å². The number of hydrogen-bond donors (Lipinski definition) is 1. The van der Waals surface area contributed by atoms with Crippen molar-refractivity contribution in [3.63, 3.8) is 0 Å². The van der Waals surface area contributed by atoms with Crippen LogP contribution in [0.4, 0.5) is 4.39 Å². The van der Waals surface area contributed by atoms with Crippen molar-refractivity contribution in [2.24, 2.45) is 0 Å². The molecule has 3 nitrogen and oxygen atoms in total. The van der Waals surface area contributed by atoms with Crippen LogP contribution in [0.15, 0.2) is 41.0 Å². The van der Waals surface area contributed by atoms with Crippen molar-refractivity contribution in [2.75, 3.05) is 0 Å². The van der Waals surface area contributed by atoms with Crippen molar-refractivity contribution in [3.05, 3.63) is 52.4 Å². The molecule has 2 aromatic rings. The van der Waals surface area contributed by atoms with Crippen LogP contribution in [0.25, 0.3) is 0 Å². The van der Waals surface area contributed by atoms with Crippen LogP contribution in [-0.4, -0.2) is 10.1 Å². The average Bonchev–Trinajstić information content (AvgIpc) is 2.34. The predicted molar refractivity (Wildman–Crippen MR) is 69.0 cm³/mol. The maximum Gasteiger partial charge on any atom is 0.225 e. The molecule has 0 spiro atoms. The van der Waals surface area contributed by atoms with Crippen molar-refractivity contribution in [3.8, 4) is 11.6 Å². The van der Waals surface area contributed by atoms with Gasteiger partial charge in [0, 0.05) is 16.2 Å². The van der Waals surface area contributed by atoms with Crippen LogP contribution in [0.1, 0.15) is 18.6 Å². The number of ether oxygens (including phenoxy) is 1. The van der Waals surface area contributed by atoms with Crippen molar-refractivity contribution in [1.82, 2.24) is 4.98 Å². The molecule has 0 saturated carbocycles. The number of aliphatic hydroxyl groups is 1. The van der Waals surface area contributed by atoms with Crippen LogP contribution in [0, 0.1) is 5.82 Å². The molecule has 18 heavy (non-hydrogen) atoms. The van der Waals surface area contributed by atoms with Crippen molar-refractivity contribution >= 4 is 15.9 Å². The summed E-state index contributed by atoms with van der Waals surface area (Å²) in [6.45, 7) is 1.60. The quantitative estimate of drug-likeness (QED) is 0.936. The summed E-state index contributed by atoms with van der Waals surface area (Å²) in [6, 6.07) is 7.76. The van der Waals surface area contributed by atoms with Crippen LogP contribution < -0.4 is 4.74 Å². The third-order valence-electron chi connectivity index (χ3n) is 2.35. The highest BCUT2D eigenvalue weighted by Crippen LogP contribution is 2.30. The number of aromatic nitrogens is 1. The Morgan fingerprint density at radius 3 is 2.89 bits per heavy atom. The van der Waals surface area contributed by atoms with Crippen molar-refractivity contribution < 1.29 is 14.2 Å². The highest BCUT2D eigenvalue weighted by Gasteiger charge is 2.13. The van der Waals surface area contributed by atoms with Gasteiger partial charge in [0.2, 0.25) is 5.88 Å². The molecule has 0 aliphatic rings. The second-order valence-electron chi connectivity index (χ2n) is 3.75. The van der Waals surface area contributed by atoms with Crippen molar-refractivity contribution in [2.45, 2.75) is 13.0 Å². The monoisotopic (exact) mass is 311 g/mol. The third-order valence-corrected chi connectivity index (χ3v) is 2.84. The summed E-state index contributed by atoms with van der Waals surface area (Å²) in [4.78, 5) is 4.00. The van der Waals surface area contributed by atoms with Gasteiger partial charge < -0.3 is 9.84 Å². The standard InChI is InChI=1S/C13H11BrFNO2/c1-8(17)10-3-2-6-16-13(10)18-12-7-9(14)4-5-11(12)15/h2-8,17H,1H3/t8-/m1/s1. The Morgan fingerprint density at radius 2 is 2.17 bits per heavy atom. The molecule has 1 heterocycles. The lowest BCUT2D eigenvalue weighted by Crippen LogP contribution is -1.99. The van der Waals surface area contributed by atoms with E-state index in [4.69, 9.17) is 4.74 Å². The number of rotatable bonds is 3. The Balaban J connectivity index is 2.37. The predicted octanol–water partition coefficient (Wildman–Crippen LogP) is 3.83. The SMILES string of the molecule is C[C@@H](O)c1cccnc1Oc1cc(Br)ccc1F. The smallest absolute Gasteiger partial charge is 0.225 e. The molecule has 2 rings (SSSR count). The highest BCUT2D eigenvalue weighted by atomic mass is 79.9. The molecule has 5 heteroatoms. The van der Waals surface area contributed by atoms with Gasteiger partial charge in [0.1, 0.15) is 0 Å². The maximum atomic E-state index is 13.6. The second kappa shape index (κ2) is 5.46. The summed E-state index contributed by atoms with van der Waals surface area (Å²) in [6.07, 6.45) is 0.792. The van der Waals surface area contributed by atoms with Crippen LogP contribution in [0.5, 0.6) is 11.6 Å². The van der Waals surface area contributed by atoms with Gasteiger partial charge in [-0.25, -0.2) is 9.37 Å². The Hall–Kier alpha value is -1.46. The van der Waals surface area contributed by atoms with Crippen LogP contribution in [0.3, 0.4) is 0 Å². The first-order chi connectivity index (χ1) is 8.58. The molecule has 0 fully saturated rings. The lowest BCUT2D eigenvalue weighted by molar-refractivity contribution is 0.194. The van der Waals surface area contributed by atoms with Gasteiger partial charge >= 0.3 is 0 Å². The molecule has 0 aliphatic carbocycles. The summed E-state index contributed by atoms with van der Waals surface area (Å²) in [5, 5.41) is 9.58. The Morgan fingerprint density at radius 1 is 1.39 bits per heavy atom. The summed E-state index contributed by atoms with van der Waals surface area (Å²) in [7, 11) is 0. The number of nitrogens with zero attached hydrogens (tertiary/aromatic N) is 1. The van der Waals surface area contributed by atoms with E-state index in [9.17, 15) is 9.50 Å². The first-order valence-electron chi connectivity index (χ1n) is 5.34. The average molecular weight is 312 g/mol. The van der Waals surface area contributed by atoms with Gasteiger partial charge in [0.05, 0.1) is 6.10 Å². The fraction of sp³-hybridized carbons (Fsp3) is 0.154. The normalized spacial score (nSPS) is 12.2. The van der Waals surface area contributed by atoms with Gasteiger partial charge in [-0.3, -0.25) is 0 Å². The second-order valence-corrected chi connectivity index (χ2v) is 4.67. The molecule has 0 unspecified atom stereocenters. The highest BCUT2D eigenvalue weighted by molar-refractivity contribution is 9.10. The molecule has 1 aromatic heterocycles. The molecule has 94 valence electrons. The van der Waals surface area contributed by atoms with E-state index < -0.39 is 11.9 Å². The van der Waals surface area contributed by atoms with Gasteiger partial charge in [-0.15, -0.1) is 0 Å². The number of aliphatic hydroxyl groups excluding tert-OH is 1. The van der Waals surface area contributed by atoms with E-state index in [-0.39, 0.29) is 11.6 Å². The third kappa shape index (κ3) is 2.86. The molecule has 0 saturated heterocycles. The first kappa shape index (κ1) is 13.0. The summed E-state index contributed by atoms with van der Waals surface area (Å²) in [5.41, 5.74) is 0.511. The zero-order valence-electron chi connectivity index (χ0n) is 9.60. The summed E-state index contributed by atoms with van der Waals surface area (Å²) >= 11 is 3.24. The fourth-order valence-electron chi connectivity index (χ4n) is 1.47. The lowest BCUT2D eigenvalue weighted by atomic mass is 10.2. The minimum atomic E-state index is -0.732. The summed E-state index contributed by atoms with van der Waals surface area (Å²) in [5.74, 6) is -0.227. The fourth-order valence-corrected chi connectivity index (χ4v) is 1.81. The van der Waals surface area contributed by atoms with E-state index in [1.165, 1.54) is 18.3 Å². The Bertz CT molecular complexity index is 560. The largest absolute Gasteiger partial charge is 0.436 e. The van der Waals surface area contributed by atoms with E-state index in [0.717, 1.165) is 0 Å². The molecule has 0 amide bonds. The molecular formula is C13H11BrFNO2. The first-order valence-corrected chi connectivity index (χ1v) is 6.13. The van der Waals surface area contributed by atoms with Gasteiger partial charge in [0.25, 0.3) is 0 Å². The molecule has 0 bridgehead atoms. The van der Waals surface area contributed by atoms with Crippen molar-refractivity contribution in [1.29, 1.82) is 0 Å². The molecule has 0 aliphatic heterocycles. The molecule has 1 N–H and O–H groups in total. The van der Waals surface area contributed by atoms with E-state index in [1.54, 1.807) is 25.1 Å². The minimum Gasteiger partial charge on any atom is -0.436 e. The van der Waals surface area contributed by atoms with Crippen LogP contribution in [-0.2, 0) is 0 Å². The molecular weight excluding hydrogens is 301 g/mol. The topological polar surface area (TPSA) is 42.4 Å². The molecule has 1 atom stereocenters. The lowest BCUT2D eigenvalue weighted by Gasteiger charge is -2.12.